The second-order valence-corrected chi connectivity index (χ2v) is 10.3. The summed E-state index contributed by atoms with van der Waals surface area (Å²) in [7, 11) is 0. The first kappa shape index (κ1) is 24.6. The lowest BCUT2D eigenvalue weighted by atomic mass is 9.82. The zero-order chi connectivity index (χ0) is 26.3. The number of carbonyl (C=O) groups is 1. The predicted octanol–water partition coefficient (Wildman–Crippen LogP) is 4.92. The van der Waals surface area contributed by atoms with Crippen molar-refractivity contribution in [2.45, 2.75) is 18.6 Å². The van der Waals surface area contributed by atoms with Gasteiger partial charge in [0.2, 0.25) is 5.91 Å². The Morgan fingerprint density at radius 3 is 2.18 bits per heavy atom. The number of hydrogen-bond acceptors (Lipinski definition) is 4. The molecule has 3 aromatic rings. The highest BCUT2D eigenvalue weighted by atomic mass is 19.4. The van der Waals surface area contributed by atoms with Crippen molar-refractivity contribution < 1.29 is 18.0 Å². The van der Waals surface area contributed by atoms with Crippen molar-refractivity contribution in [1.82, 2.24) is 4.90 Å². The van der Waals surface area contributed by atoms with Gasteiger partial charge in [-0.1, -0.05) is 42.5 Å². The van der Waals surface area contributed by atoms with Crippen molar-refractivity contribution in [2.75, 3.05) is 60.5 Å². The second-order valence-electron chi connectivity index (χ2n) is 10.3. The van der Waals surface area contributed by atoms with E-state index >= 15 is 0 Å². The Labute approximate surface area is 221 Å². The van der Waals surface area contributed by atoms with Crippen molar-refractivity contribution in [3.63, 3.8) is 0 Å². The molecule has 0 bridgehead atoms. The Morgan fingerprint density at radius 2 is 1.42 bits per heavy atom. The maximum Gasteiger partial charge on any atom is 0.416 e. The molecule has 3 aliphatic heterocycles. The summed E-state index contributed by atoms with van der Waals surface area (Å²) in [5.41, 5.74) is 3.51. The van der Waals surface area contributed by atoms with E-state index in [0.717, 1.165) is 25.7 Å². The number of rotatable bonds is 3. The van der Waals surface area contributed by atoms with Crippen LogP contribution in [-0.2, 0) is 17.4 Å². The molecule has 6 rings (SSSR count). The van der Waals surface area contributed by atoms with Crippen LogP contribution < -0.4 is 14.7 Å². The largest absolute Gasteiger partial charge is 0.416 e. The first-order valence-corrected chi connectivity index (χ1v) is 13.2. The van der Waals surface area contributed by atoms with Crippen molar-refractivity contribution in [3.05, 3.63) is 90.0 Å². The van der Waals surface area contributed by atoms with Crippen LogP contribution in [0, 0.1) is 5.92 Å². The summed E-state index contributed by atoms with van der Waals surface area (Å²) in [6, 6.07) is 24.3. The molecular weight excluding hydrogens is 489 g/mol. The molecular formula is C30H31F3N4O. The highest BCUT2D eigenvalue weighted by Crippen LogP contribution is 2.38. The smallest absolute Gasteiger partial charge is 0.368 e. The van der Waals surface area contributed by atoms with Crippen molar-refractivity contribution in [1.29, 1.82) is 0 Å². The van der Waals surface area contributed by atoms with Crippen LogP contribution in [0.15, 0.2) is 78.9 Å². The Hall–Kier alpha value is -3.68. The number of fused-ring (bicyclic) bond motifs is 3. The SMILES string of the molecule is O=C([C@@H]1Cc2ccccc2N2CCN(c3ccccc3)C[C@H]12)N1CCN(c2cccc(C(F)(F)F)c2)CC1. The minimum absolute atomic E-state index is 0.0628. The van der Waals surface area contributed by atoms with Crippen LogP contribution in [0.3, 0.4) is 0 Å². The van der Waals surface area contributed by atoms with Gasteiger partial charge >= 0.3 is 6.18 Å². The Kier molecular flexibility index (Phi) is 6.41. The van der Waals surface area contributed by atoms with Crippen LogP contribution in [0.4, 0.5) is 30.2 Å². The van der Waals surface area contributed by atoms with Gasteiger partial charge in [-0.3, -0.25) is 4.79 Å². The number of para-hydroxylation sites is 2. The van der Waals surface area contributed by atoms with E-state index in [-0.39, 0.29) is 17.9 Å². The van der Waals surface area contributed by atoms with E-state index in [4.69, 9.17) is 0 Å². The third kappa shape index (κ3) is 4.68. The van der Waals surface area contributed by atoms with Crippen LogP contribution >= 0.6 is 0 Å². The molecule has 0 spiro atoms. The minimum atomic E-state index is -4.37. The summed E-state index contributed by atoms with van der Waals surface area (Å²) in [6.07, 6.45) is -3.67. The molecule has 2 atom stereocenters. The number of benzene rings is 3. The van der Waals surface area contributed by atoms with Crippen LogP contribution in [0.5, 0.6) is 0 Å². The standard InChI is InChI=1S/C30H31F3N4O/c31-30(32,33)23-8-6-11-25(20-23)34-13-15-35(16-14-34)29(38)26-19-22-7-4-5-12-27(22)37-18-17-36(21-28(26)37)24-9-2-1-3-10-24/h1-12,20,26,28H,13-19,21H2/t26-,28-/m1/s1. The number of hydrogen-bond donors (Lipinski definition) is 0. The first-order valence-electron chi connectivity index (χ1n) is 13.2. The molecule has 0 aromatic heterocycles. The number of halogens is 3. The molecule has 2 saturated heterocycles. The fourth-order valence-corrected chi connectivity index (χ4v) is 6.21. The molecule has 3 aromatic carbocycles. The average molecular weight is 521 g/mol. The minimum Gasteiger partial charge on any atom is -0.368 e. The van der Waals surface area contributed by atoms with E-state index in [2.05, 4.69) is 40.1 Å². The predicted molar refractivity (Wildman–Crippen MR) is 144 cm³/mol. The topological polar surface area (TPSA) is 30.0 Å². The summed E-state index contributed by atoms with van der Waals surface area (Å²) >= 11 is 0. The molecule has 0 saturated carbocycles. The van der Waals surface area contributed by atoms with Crippen molar-refractivity contribution in [3.8, 4) is 0 Å². The van der Waals surface area contributed by atoms with E-state index in [1.54, 1.807) is 6.07 Å². The molecule has 0 unspecified atom stereocenters. The van der Waals surface area contributed by atoms with Gasteiger partial charge in [0, 0.05) is 62.9 Å². The van der Waals surface area contributed by atoms with Gasteiger partial charge in [0.05, 0.1) is 17.5 Å². The second kappa shape index (κ2) is 9.89. The highest BCUT2D eigenvalue weighted by molar-refractivity contribution is 5.83. The van der Waals surface area contributed by atoms with Crippen LogP contribution in [0.25, 0.3) is 0 Å². The normalized spacial score (nSPS) is 21.7. The zero-order valence-electron chi connectivity index (χ0n) is 21.1. The summed E-state index contributed by atoms with van der Waals surface area (Å²) in [4.78, 5) is 22.7. The van der Waals surface area contributed by atoms with E-state index in [1.165, 1.54) is 29.1 Å². The Balaban J connectivity index is 1.20. The summed E-state index contributed by atoms with van der Waals surface area (Å²) < 4.78 is 39.6. The number of piperazine rings is 2. The highest BCUT2D eigenvalue weighted by Gasteiger charge is 2.43. The zero-order valence-corrected chi connectivity index (χ0v) is 21.1. The number of amides is 1. The summed E-state index contributed by atoms with van der Waals surface area (Å²) in [5, 5.41) is 0. The van der Waals surface area contributed by atoms with E-state index in [1.807, 2.05) is 34.1 Å². The van der Waals surface area contributed by atoms with Crippen LogP contribution in [-0.4, -0.2) is 62.7 Å². The Morgan fingerprint density at radius 1 is 0.737 bits per heavy atom. The fraction of sp³-hybridized carbons (Fsp3) is 0.367. The van der Waals surface area contributed by atoms with Gasteiger partial charge in [0.15, 0.2) is 0 Å². The lowest BCUT2D eigenvalue weighted by Gasteiger charge is -2.50. The summed E-state index contributed by atoms with van der Waals surface area (Å²) in [5.74, 6) is -0.0235. The lowest BCUT2D eigenvalue weighted by Crippen LogP contribution is -2.62. The Bertz CT molecular complexity index is 1290. The van der Waals surface area contributed by atoms with Gasteiger partial charge in [-0.05, 0) is 48.4 Å². The van der Waals surface area contributed by atoms with E-state index in [9.17, 15) is 18.0 Å². The van der Waals surface area contributed by atoms with Gasteiger partial charge in [0.25, 0.3) is 0 Å². The monoisotopic (exact) mass is 520 g/mol. The molecule has 3 aliphatic rings. The van der Waals surface area contributed by atoms with Crippen LogP contribution in [0.2, 0.25) is 0 Å². The molecule has 38 heavy (non-hydrogen) atoms. The van der Waals surface area contributed by atoms with Gasteiger partial charge in [0.1, 0.15) is 0 Å². The van der Waals surface area contributed by atoms with Gasteiger partial charge in [-0.15, -0.1) is 0 Å². The number of carbonyl (C=O) groups excluding carboxylic acids is 1. The quantitative estimate of drug-likeness (QED) is 0.491. The number of alkyl halides is 3. The average Bonchev–Trinajstić information content (AvgIpc) is 2.96. The maximum absolute atomic E-state index is 14.0. The molecule has 198 valence electrons. The lowest BCUT2D eigenvalue weighted by molar-refractivity contribution is -0.137. The molecule has 2 fully saturated rings. The van der Waals surface area contributed by atoms with Crippen LogP contribution in [0.1, 0.15) is 11.1 Å². The fourth-order valence-electron chi connectivity index (χ4n) is 6.21. The molecule has 0 radical (unpaired) electrons. The molecule has 5 nitrogen and oxygen atoms in total. The van der Waals surface area contributed by atoms with Gasteiger partial charge in [-0.2, -0.15) is 13.2 Å². The molecule has 8 heteroatoms. The first-order chi connectivity index (χ1) is 18.4. The van der Waals surface area contributed by atoms with E-state index < -0.39 is 11.7 Å². The third-order valence-corrected chi connectivity index (χ3v) is 8.19. The van der Waals surface area contributed by atoms with Gasteiger partial charge in [-0.25, -0.2) is 0 Å². The third-order valence-electron chi connectivity index (χ3n) is 8.19. The van der Waals surface area contributed by atoms with Crippen molar-refractivity contribution in [2.24, 2.45) is 5.92 Å². The number of nitrogens with zero attached hydrogens (tertiary/aromatic N) is 4. The van der Waals surface area contributed by atoms with Gasteiger partial charge < -0.3 is 19.6 Å². The molecule has 0 aliphatic carbocycles. The molecule has 3 heterocycles. The van der Waals surface area contributed by atoms with Crippen molar-refractivity contribution >= 4 is 23.0 Å². The summed E-state index contributed by atoms with van der Waals surface area (Å²) in [6.45, 7) is 4.56. The number of anilines is 3. The maximum atomic E-state index is 14.0. The molecule has 0 N–H and O–H groups in total. The molecule has 1 amide bonds. The van der Waals surface area contributed by atoms with E-state index in [0.29, 0.717) is 38.3 Å².